The minimum Gasteiger partial charge on any atom is -0.325 e. The second-order valence-corrected chi connectivity index (χ2v) is 5.54. The maximum absolute atomic E-state index is 11.5. The van der Waals surface area contributed by atoms with Crippen molar-refractivity contribution in [2.75, 3.05) is 11.9 Å². The van der Waals surface area contributed by atoms with E-state index in [-0.39, 0.29) is 12.6 Å². The largest absolute Gasteiger partial charge is 0.325 e. The minimum absolute atomic E-state index is 0.223. The molecule has 100 valence electrons. The lowest BCUT2D eigenvalue weighted by atomic mass is 10.3. The number of rotatable bonds is 6. The first-order chi connectivity index (χ1) is 8.39. The van der Waals surface area contributed by atoms with Crippen LogP contribution in [0.2, 0.25) is 0 Å². The first-order valence-electron chi connectivity index (χ1n) is 5.51. The van der Waals surface area contributed by atoms with Gasteiger partial charge in [-0.05, 0) is 26.0 Å². The molecule has 18 heavy (non-hydrogen) atoms. The summed E-state index contributed by atoms with van der Waals surface area (Å²) in [6, 6.07) is 8.60. The summed E-state index contributed by atoms with van der Waals surface area (Å²) in [5, 5.41) is 2.57. The predicted octanol–water partition coefficient (Wildman–Crippen LogP) is 0.457. The summed E-state index contributed by atoms with van der Waals surface area (Å²) in [6.07, 6.45) is 0. The fourth-order valence-corrected chi connectivity index (χ4v) is 2.26. The lowest BCUT2D eigenvalue weighted by Gasteiger charge is -2.10. The molecule has 0 aliphatic carbocycles. The number of anilines is 1. The number of hydrogen-bond acceptors (Lipinski definition) is 3. The van der Waals surface area contributed by atoms with Crippen LogP contribution in [0.3, 0.4) is 0 Å². The van der Waals surface area contributed by atoms with Gasteiger partial charge in [-0.3, -0.25) is 4.79 Å². The van der Waals surface area contributed by atoms with Crippen molar-refractivity contribution in [3.05, 3.63) is 30.3 Å². The van der Waals surface area contributed by atoms with E-state index in [2.05, 4.69) is 14.8 Å². The molecule has 0 spiro atoms. The van der Waals surface area contributed by atoms with Crippen LogP contribution in [-0.2, 0) is 15.0 Å². The Balaban J connectivity index is 2.43. The first-order valence-corrected chi connectivity index (χ1v) is 6.99. The molecule has 0 aliphatic rings. The van der Waals surface area contributed by atoms with Crippen molar-refractivity contribution in [1.29, 1.82) is 0 Å². The van der Waals surface area contributed by atoms with Gasteiger partial charge < -0.3 is 5.32 Å². The van der Waals surface area contributed by atoms with Crippen molar-refractivity contribution in [2.24, 2.45) is 0 Å². The zero-order valence-electron chi connectivity index (χ0n) is 10.3. The molecular formula is C11H17N3O3S. The molecule has 0 heterocycles. The third-order valence-electron chi connectivity index (χ3n) is 1.87. The summed E-state index contributed by atoms with van der Waals surface area (Å²) >= 11 is 0. The Morgan fingerprint density at radius 2 is 1.83 bits per heavy atom. The van der Waals surface area contributed by atoms with Gasteiger partial charge in [0.25, 0.3) is 10.2 Å². The van der Waals surface area contributed by atoms with Crippen molar-refractivity contribution in [2.45, 2.75) is 19.9 Å². The van der Waals surface area contributed by atoms with Crippen LogP contribution >= 0.6 is 0 Å². The first kappa shape index (κ1) is 14.6. The molecule has 1 amide bonds. The minimum atomic E-state index is -3.63. The van der Waals surface area contributed by atoms with E-state index < -0.39 is 16.1 Å². The topological polar surface area (TPSA) is 87.3 Å². The molecule has 1 aromatic carbocycles. The number of carbonyl (C=O) groups is 1. The average Bonchev–Trinajstić information content (AvgIpc) is 2.26. The van der Waals surface area contributed by atoms with E-state index in [4.69, 9.17) is 0 Å². The molecule has 7 heteroatoms. The lowest BCUT2D eigenvalue weighted by Crippen LogP contribution is -2.43. The smallest absolute Gasteiger partial charge is 0.277 e. The van der Waals surface area contributed by atoms with Crippen LogP contribution in [0.4, 0.5) is 5.69 Å². The Kier molecular flexibility index (Phi) is 5.26. The maximum atomic E-state index is 11.5. The van der Waals surface area contributed by atoms with E-state index in [0.29, 0.717) is 5.69 Å². The van der Waals surface area contributed by atoms with E-state index in [1.165, 1.54) is 0 Å². The van der Waals surface area contributed by atoms with Crippen LogP contribution in [0.1, 0.15) is 13.8 Å². The molecule has 6 nitrogen and oxygen atoms in total. The summed E-state index contributed by atoms with van der Waals surface area (Å²) < 4.78 is 27.3. The fraction of sp³-hybridized carbons (Fsp3) is 0.364. The maximum Gasteiger partial charge on any atom is 0.277 e. The number of amides is 1. The molecule has 0 aromatic heterocycles. The van der Waals surface area contributed by atoms with Crippen molar-refractivity contribution in [3.63, 3.8) is 0 Å². The van der Waals surface area contributed by atoms with E-state index in [1.807, 2.05) is 6.07 Å². The van der Waals surface area contributed by atoms with E-state index in [0.717, 1.165) is 0 Å². The molecule has 1 aromatic rings. The van der Waals surface area contributed by atoms with Gasteiger partial charge >= 0.3 is 0 Å². The van der Waals surface area contributed by atoms with Crippen molar-refractivity contribution >= 4 is 21.8 Å². The monoisotopic (exact) mass is 271 g/mol. The van der Waals surface area contributed by atoms with Crippen molar-refractivity contribution in [3.8, 4) is 0 Å². The summed E-state index contributed by atoms with van der Waals surface area (Å²) in [6.45, 7) is 3.09. The van der Waals surface area contributed by atoms with Crippen LogP contribution in [-0.4, -0.2) is 26.9 Å². The Bertz CT molecular complexity index is 486. The van der Waals surface area contributed by atoms with Gasteiger partial charge in [0, 0.05) is 11.7 Å². The van der Waals surface area contributed by atoms with Crippen LogP contribution in [0.15, 0.2) is 30.3 Å². The van der Waals surface area contributed by atoms with Gasteiger partial charge in [0.1, 0.15) is 0 Å². The van der Waals surface area contributed by atoms with Crippen LogP contribution in [0.25, 0.3) is 0 Å². The Labute approximate surface area is 107 Å². The zero-order chi connectivity index (χ0) is 13.6. The fourth-order valence-electron chi connectivity index (χ4n) is 1.24. The van der Waals surface area contributed by atoms with Gasteiger partial charge in [0.05, 0.1) is 6.54 Å². The van der Waals surface area contributed by atoms with Crippen molar-refractivity contribution < 1.29 is 13.2 Å². The molecule has 0 saturated heterocycles. The number of benzene rings is 1. The number of nitrogens with one attached hydrogen (secondary N) is 3. The SMILES string of the molecule is CC(C)NS(=O)(=O)NCC(=O)Nc1ccccc1. The predicted molar refractivity (Wildman–Crippen MR) is 70.3 cm³/mol. The van der Waals surface area contributed by atoms with E-state index in [1.54, 1.807) is 38.1 Å². The molecule has 0 radical (unpaired) electrons. The molecule has 0 unspecified atom stereocenters. The summed E-state index contributed by atoms with van der Waals surface area (Å²) in [7, 11) is -3.63. The molecule has 0 saturated carbocycles. The molecular weight excluding hydrogens is 254 g/mol. The molecule has 0 atom stereocenters. The summed E-state index contributed by atoms with van der Waals surface area (Å²) in [4.78, 5) is 11.5. The average molecular weight is 271 g/mol. The highest BCUT2D eigenvalue weighted by atomic mass is 32.2. The van der Waals surface area contributed by atoms with Gasteiger partial charge in [-0.25, -0.2) is 0 Å². The third-order valence-corrected chi connectivity index (χ3v) is 3.18. The Morgan fingerprint density at radius 3 is 2.39 bits per heavy atom. The van der Waals surface area contributed by atoms with E-state index in [9.17, 15) is 13.2 Å². The molecule has 3 N–H and O–H groups in total. The highest BCUT2D eigenvalue weighted by Crippen LogP contribution is 2.03. The standard InChI is InChI=1S/C11H17N3O3S/c1-9(2)14-18(16,17)12-8-11(15)13-10-6-4-3-5-7-10/h3-7,9,12,14H,8H2,1-2H3,(H,13,15). The molecule has 0 aliphatic heterocycles. The van der Waals surface area contributed by atoms with E-state index >= 15 is 0 Å². The zero-order valence-corrected chi connectivity index (χ0v) is 11.1. The van der Waals surface area contributed by atoms with Crippen LogP contribution in [0.5, 0.6) is 0 Å². The molecule has 1 rings (SSSR count). The summed E-state index contributed by atoms with van der Waals surface area (Å²) in [5.74, 6) is -0.421. The molecule has 0 fully saturated rings. The normalized spacial score (nSPS) is 11.5. The van der Waals surface area contributed by atoms with Gasteiger partial charge in [-0.1, -0.05) is 18.2 Å². The molecule has 0 bridgehead atoms. The lowest BCUT2D eigenvalue weighted by molar-refractivity contribution is -0.115. The third kappa shape index (κ3) is 5.76. The number of carbonyl (C=O) groups excluding carboxylic acids is 1. The quantitative estimate of drug-likeness (QED) is 0.702. The Morgan fingerprint density at radius 1 is 1.22 bits per heavy atom. The second-order valence-electron chi connectivity index (χ2n) is 4.01. The van der Waals surface area contributed by atoms with Gasteiger partial charge in [-0.15, -0.1) is 0 Å². The summed E-state index contributed by atoms with van der Waals surface area (Å²) in [5.41, 5.74) is 0.624. The highest BCUT2D eigenvalue weighted by Gasteiger charge is 2.12. The Hall–Kier alpha value is -1.44. The van der Waals surface area contributed by atoms with Crippen LogP contribution in [0, 0.1) is 0 Å². The van der Waals surface area contributed by atoms with Gasteiger partial charge in [-0.2, -0.15) is 17.9 Å². The van der Waals surface area contributed by atoms with Gasteiger partial charge in [0.2, 0.25) is 5.91 Å². The highest BCUT2D eigenvalue weighted by molar-refractivity contribution is 7.87. The number of hydrogen-bond donors (Lipinski definition) is 3. The number of para-hydroxylation sites is 1. The van der Waals surface area contributed by atoms with Crippen LogP contribution < -0.4 is 14.8 Å². The second kappa shape index (κ2) is 6.48. The van der Waals surface area contributed by atoms with Crippen molar-refractivity contribution in [1.82, 2.24) is 9.44 Å². The van der Waals surface area contributed by atoms with Gasteiger partial charge in [0.15, 0.2) is 0 Å².